The van der Waals surface area contributed by atoms with Crippen molar-refractivity contribution >= 4 is 34.5 Å². The number of anilines is 2. The summed E-state index contributed by atoms with van der Waals surface area (Å²) in [5, 5.41) is 0.139. The molecule has 0 bridgehead atoms. The Balaban J connectivity index is 1.88. The summed E-state index contributed by atoms with van der Waals surface area (Å²) in [6.07, 6.45) is 1.74. The Morgan fingerprint density at radius 1 is 1.15 bits per heavy atom. The molecule has 2 aromatic rings. The Morgan fingerprint density at radius 3 is 2.42 bits per heavy atom. The molecule has 0 radical (unpaired) electrons. The number of thiocarbonyl (C=S) groups is 1. The summed E-state index contributed by atoms with van der Waals surface area (Å²) < 4.78 is 13.2. The predicted molar refractivity (Wildman–Crippen MR) is 106 cm³/mol. The minimum absolute atomic E-state index is 0.0468. The minimum atomic E-state index is -0.331. The minimum Gasteiger partial charge on any atom is -0.376 e. The van der Waals surface area contributed by atoms with E-state index in [4.69, 9.17) is 18.0 Å². The van der Waals surface area contributed by atoms with E-state index in [1.54, 1.807) is 17.0 Å². The van der Waals surface area contributed by atoms with Gasteiger partial charge in [-0.3, -0.25) is 9.69 Å². The molecule has 136 valence electrons. The van der Waals surface area contributed by atoms with E-state index in [0.29, 0.717) is 16.9 Å². The van der Waals surface area contributed by atoms with Crippen LogP contribution in [0.1, 0.15) is 23.2 Å². The van der Waals surface area contributed by atoms with Crippen LogP contribution in [-0.4, -0.2) is 35.9 Å². The van der Waals surface area contributed by atoms with Crippen molar-refractivity contribution in [1.82, 2.24) is 4.90 Å². The number of benzene rings is 2. The van der Waals surface area contributed by atoms with Crippen LogP contribution in [0.2, 0.25) is 0 Å². The second-order valence-corrected chi connectivity index (χ2v) is 7.06. The number of hydrogen-bond acceptors (Lipinski definition) is 3. The number of carbonyl (C=O) groups is 1. The van der Waals surface area contributed by atoms with E-state index in [1.165, 1.54) is 12.1 Å². The van der Waals surface area contributed by atoms with Gasteiger partial charge in [0.25, 0.3) is 0 Å². The van der Waals surface area contributed by atoms with Crippen LogP contribution >= 0.6 is 12.2 Å². The summed E-state index contributed by atoms with van der Waals surface area (Å²) in [5.74, 6) is -0.129. The van der Waals surface area contributed by atoms with Gasteiger partial charge in [-0.2, -0.15) is 0 Å². The van der Waals surface area contributed by atoms with Crippen LogP contribution in [0.3, 0.4) is 0 Å². The number of halogens is 1. The van der Waals surface area contributed by atoms with E-state index in [1.807, 2.05) is 24.3 Å². The van der Waals surface area contributed by atoms with Crippen LogP contribution in [-0.2, 0) is 0 Å². The second-order valence-electron chi connectivity index (χ2n) is 6.64. The Bertz CT molecular complexity index is 801. The van der Waals surface area contributed by atoms with Gasteiger partial charge in [0.2, 0.25) is 0 Å². The van der Waals surface area contributed by atoms with Crippen molar-refractivity contribution in [2.75, 3.05) is 25.0 Å². The molecule has 0 spiro atoms. The lowest BCUT2D eigenvalue weighted by Gasteiger charge is -2.28. The molecular formula is C20H22FN3OS. The topological polar surface area (TPSA) is 49.6 Å². The number of hydrogen-bond donors (Lipinski definition) is 1. The quantitative estimate of drug-likeness (QED) is 0.655. The van der Waals surface area contributed by atoms with Crippen molar-refractivity contribution in [3.05, 3.63) is 59.9 Å². The molecular weight excluding hydrogens is 349 g/mol. The molecule has 1 heterocycles. The van der Waals surface area contributed by atoms with Crippen LogP contribution < -0.4 is 10.6 Å². The van der Waals surface area contributed by atoms with Crippen LogP contribution in [0, 0.1) is 11.7 Å². The summed E-state index contributed by atoms with van der Waals surface area (Å²) >= 11 is 5.18. The van der Waals surface area contributed by atoms with Crippen molar-refractivity contribution in [3.8, 4) is 0 Å². The molecule has 0 aliphatic carbocycles. The van der Waals surface area contributed by atoms with Crippen molar-refractivity contribution in [1.29, 1.82) is 0 Å². The summed E-state index contributed by atoms with van der Waals surface area (Å²) in [5.41, 5.74) is 7.90. The fourth-order valence-corrected chi connectivity index (χ4v) is 3.51. The van der Waals surface area contributed by atoms with Gasteiger partial charge in [0.1, 0.15) is 5.82 Å². The molecule has 1 saturated heterocycles. The lowest BCUT2D eigenvalue weighted by atomic mass is 9.89. The molecule has 0 atom stereocenters. The van der Waals surface area contributed by atoms with E-state index < -0.39 is 0 Å². The number of Topliss-reactive ketones (excluding diaryl/α,β-unsaturated/α-hetero) is 1. The summed E-state index contributed by atoms with van der Waals surface area (Å²) in [6.45, 7) is 1.87. The number of rotatable bonds is 4. The highest BCUT2D eigenvalue weighted by atomic mass is 32.1. The lowest BCUT2D eigenvalue weighted by molar-refractivity contribution is 0.0857. The van der Waals surface area contributed by atoms with Crippen molar-refractivity contribution in [3.63, 3.8) is 0 Å². The monoisotopic (exact) mass is 371 g/mol. The molecule has 1 fully saturated rings. The Hall–Kier alpha value is -2.31. The maximum atomic E-state index is 13.2. The highest BCUT2D eigenvalue weighted by molar-refractivity contribution is 7.80. The maximum absolute atomic E-state index is 13.2. The Kier molecular flexibility index (Phi) is 5.64. The standard InChI is InChI=1S/C20H22FN3OS/c1-23-11-9-14(10-12-23)19(25)15-3-2-4-18(13-15)24(20(22)26)17-7-5-16(21)6-8-17/h2-8,13-14H,9-12H2,1H3,(H2,22,26). The number of likely N-dealkylation sites (tertiary alicyclic amines) is 1. The SMILES string of the molecule is CN1CCC(C(=O)c2cccc(N(C(N)=S)c3ccc(F)cc3)c2)CC1. The maximum Gasteiger partial charge on any atom is 0.175 e. The molecule has 4 nitrogen and oxygen atoms in total. The van der Waals surface area contributed by atoms with Crippen molar-refractivity contribution in [2.24, 2.45) is 11.7 Å². The molecule has 0 unspecified atom stereocenters. The molecule has 6 heteroatoms. The van der Waals surface area contributed by atoms with E-state index in [2.05, 4.69) is 11.9 Å². The molecule has 3 rings (SSSR count). The van der Waals surface area contributed by atoms with Gasteiger partial charge in [-0.25, -0.2) is 4.39 Å². The molecule has 0 amide bonds. The first-order chi connectivity index (χ1) is 12.5. The first-order valence-electron chi connectivity index (χ1n) is 8.63. The van der Waals surface area contributed by atoms with Gasteiger partial charge in [-0.15, -0.1) is 0 Å². The first kappa shape index (κ1) is 18.5. The fraction of sp³-hybridized carbons (Fsp3) is 0.300. The summed E-state index contributed by atoms with van der Waals surface area (Å²) in [4.78, 5) is 16.8. The van der Waals surface area contributed by atoms with Crippen molar-refractivity contribution < 1.29 is 9.18 Å². The normalized spacial score (nSPS) is 15.6. The fourth-order valence-electron chi connectivity index (χ4n) is 3.30. The van der Waals surface area contributed by atoms with Crippen LogP contribution in [0.4, 0.5) is 15.8 Å². The highest BCUT2D eigenvalue weighted by Crippen LogP contribution is 2.28. The zero-order chi connectivity index (χ0) is 18.7. The number of ketones is 1. The molecule has 1 aliphatic rings. The van der Waals surface area contributed by atoms with Gasteiger partial charge < -0.3 is 10.6 Å². The average molecular weight is 371 g/mol. The molecule has 26 heavy (non-hydrogen) atoms. The summed E-state index contributed by atoms with van der Waals surface area (Å²) in [7, 11) is 2.07. The van der Waals surface area contributed by atoms with Crippen LogP contribution in [0.5, 0.6) is 0 Å². The number of nitrogens with zero attached hydrogens (tertiary/aromatic N) is 2. The van der Waals surface area contributed by atoms with E-state index >= 15 is 0 Å². The zero-order valence-corrected chi connectivity index (χ0v) is 15.5. The largest absolute Gasteiger partial charge is 0.376 e. The zero-order valence-electron chi connectivity index (χ0n) is 14.7. The van der Waals surface area contributed by atoms with Crippen LogP contribution in [0.25, 0.3) is 0 Å². The molecule has 2 N–H and O–H groups in total. The Labute approximate surface area is 158 Å². The smallest absolute Gasteiger partial charge is 0.175 e. The third kappa shape index (κ3) is 4.08. The predicted octanol–water partition coefficient (Wildman–Crippen LogP) is 3.73. The van der Waals surface area contributed by atoms with E-state index in [9.17, 15) is 9.18 Å². The molecule has 2 aromatic carbocycles. The van der Waals surface area contributed by atoms with Gasteiger partial charge in [0.05, 0.1) is 0 Å². The number of piperidine rings is 1. The van der Waals surface area contributed by atoms with Gasteiger partial charge in [-0.1, -0.05) is 12.1 Å². The average Bonchev–Trinajstić information content (AvgIpc) is 2.63. The van der Waals surface area contributed by atoms with E-state index in [-0.39, 0.29) is 22.6 Å². The third-order valence-electron chi connectivity index (χ3n) is 4.78. The number of carbonyl (C=O) groups excluding carboxylic acids is 1. The summed E-state index contributed by atoms with van der Waals surface area (Å²) in [6, 6.07) is 13.2. The van der Waals surface area contributed by atoms with Gasteiger partial charge in [-0.05, 0) is 81.6 Å². The molecule has 0 saturated carbocycles. The van der Waals surface area contributed by atoms with Gasteiger partial charge in [0, 0.05) is 22.9 Å². The first-order valence-corrected chi connectivity index (χ1v) is 9.04. The molecule has 1 aliphatic heterocycles. The van der Waals surface area contributed by atoms with Gasteiger partial charge >= 0.3 is 0 Å². The lowest BCUT2D eigenvalue weighted by Crippen LogP contribution is -2.34. The third-order valence-corrected chi connectivity index (χ3v) is 4.97. The van der Waals surface area contributed by atoms with Crippen LogP contribution in [0.15, 0.2) is 48.5 Å². The molecule has 0 aromatic heterocycles. The highest BCUT2D eigenvalue weighted by Gasteiger charge is 2.25. The van der Waals surface area contributed by atoms with Gasteiger partial charge in [0.15, 0.2) is 10.9 Å². The Morgan fingerprint density at radius 2 is 1.81 bits per heavy atom. The second kappa shape index (κ2) is 7.93. The van der Waals surface area contributed by atoms with Crippen molar-refractivity contribution in [2.45, 2.75) is 12.8 Å². The van der Waals surface area contributed by atoms with E-state index in [0.717, 1.165) is 25.9 Å². The number of nitrogens with two attached hydrogens (primary N) is 1.